The van der Waals surface area contributed by atoms with Crippen molar-refractivity contribution in [3.8, 4) is 0 Å². The maximum absolute atomic E-state index is 5.77. The second-order valence-electron chi connectivity index (χ2n) is 6.22. The fourth-order valence-electron chi connectivity index (χ4n) is 2.95. The van der Waals surface area contributed by atoms with Crippen molar-refractivity contribution in [3.63, 3.8) is 0 Å². The van der Waals surface area contributed by atoms with E-state index >= 15 is 0 Å². The van der Waals surface area contributed by atoms with Crippen molar-refractivity contribution in [3.05, 3.63) is 0 Å². The number of ether oxygens (including phenoxy) is 2. The van der Waals surface area contributed by atoms with Gasteiger partial charge in [-0.3, -0.25) is 0 Å². The number of unbranched alkanes of at least 4 members (excludes halogenated alkanes) is 8. The van der Waals surface area contributed by atoms with Gasteiger partial charge >= 0.3 is 0 Å². The Bertz CT molecular complexity index is 188. The van der Waals surface area contributed by atoms with Gasteiger partial charge in [0, 0.05) is 6.61 Å². The summed E-state index contributed by atoms with van der Waals surface area (Å²) >= 11 is 0. The topological polar surface area (TPSA) is 18.5 Å². The zero-order valence-corrected chi connectivity index (χ0v) is 13.7. The van der Waals surface area contributed by atoms with Crippen LogP contribution in [0.4, 0.5) is 0 Å². The van der Waals surface area contributed by atoms with Gasteiger partial charge < -0.3 is 9.47 Å². The van der Waals surface area contributed by atoms with Crippen LogP contribution in [0.2, 0.25) is 0 Å². The van der Waals surface area contributed by atoms with Gasteiger partial charge in [-0.2, -0.15) is 0 Å². The van der Waals surface area contributed by atoms with E-state index in [0.717, 1.165) is 19.8 Å². The largest absolute Gasteiger partial charge is 0.379 e. The van der Waals surface area contributed by atoms with Crippen LogP contribution in [0, 0.1) is 0 Å². The lowest BCUT2D eigenvalue weighted by Gasteiger charge is -2.11. The summed E-state index contributed by atoms with van der Waals surface area (Å²) in [4.78, 5) is 0. The van der Waals surface area contributed by atoms with Crippen LogP contribution in [0.15, 0.2) is 0 Å². The molecule has 20 heavy (non-hydrogen) atoms. The molecule has 0 aromatic rings. The summed E-state index contributed by atoms with van der Waals surface area (Å²) in [5.74, 6) is 0. The Balaban J connectivity index is 1.66. The van der Waals surface area contributed by atoms with Crippen LogP contribution >= 0.6 is 0 Å². The molecule has 2 heteroatoms. The van der Waals surface area contributed by atoms with E-state index in [1.54, 1.807) is 0 Å². The summed E-state index contributed by atoms with van der Waals surface area (Å²) in [6, 6.07) is 0. The van der Waals surface area contributed by atoms with E-state index in [2.05, 4.69) is 6.92 Å². The molecule has 0 aromatic carbocycles. The lowest BCUT2D eigenvalue weighted by molar-refractivity contribution is 0.00717. The van der Waals surface area contributed by atoms with Crippen LogP contribution < -0.4 is 0 Å². The van der Waals surface area contributed by atoms with Crippen LogP contribution in [0.25, 0.3) is 0 Å². The molecule has 0 unspecified atom stereocenters. The lowest BCUT2D eigenvalue weighted by atomic mass is 10.1. The van der Waals surface area contributed by atoms with E-state index in [-0.39, 0.29) is 0 Å². The molecule has 1 rings (SSSR count). The van der Waals surface area contributed by atoms with Crippen molar-refractivity contribution in [2.24, 2.45) is 0 Å². The Kier molecular flexibility index (Phi) is 12.5. The minimum absolute atomic E-state index is 0.534. The van der Waals surface area contributed by atoms with Gasteiger partial charge in [-0.25, -0.2) is 0 Å². The molecule has 1 aliphatic carbocycles. The average molecular weight is 284 g/mol. The number of rotatable bonds is 14. The highest BCUT2D eigenvalue weighted by Crippen LogP contribution is 2.20. The van der Waals surface area contributed by atoms with Crippen molar-refractivity contribution in [1.82, 2.24) is 0 Å². The molecular weight excluding hydrogens is 248 g/mol. The molecule has 1 fully saturated rings. The van der Waals surface area contributed by atoms with Gasteiger partial charge in [0.05, 0.1) is 19.3 Å². The molecule has 0 aromatic heterocycles. The smallest absolute Gasteiger partial charge is 0.0704 e. The second-order valence-corrected chi connectivity index (χ2v) is 6.22. The summed E-state index contributed by atoms with van der Waals surface area (Å²) < 4.78 is 11.4. The fraction of sp³-hybridized carbons (Fsp3) is 1.00. The van der Waals surface area contributed by atoms with E-state index in [1.807, 2.05) is 0 Å². The van der Waals surface area contributed by atoms with Crippen LogP contribution in [-0.4, -0.2) is 25.9 Å². The van der Waals surface area contributed by atoms with Crippen molar-refractivity contribution in [1.29, 1.82) is 0 Å². The third-order valence-corrected chi connectivity index (χ3v) is 4.28. The van der Waals surface area contributed by atoms with Crippen molar-refractivity contribution < 1.29 is 9.47 Å². The normalized spacial score (nSPS) is 16.1. The summed E-state index contributed by atoms with van der Waals surface area (Å²) in [6.07, 6.45) is 18.2. The quantitative estimate of drug-likeness (QED) is 0.392. The molecule has 0 spiro atoms. The van der Waals surface area contributed by atoms with E-state index in [9.17, 15) is 0 Å². The van der Waals surface area contributed by atoms with Gasteiger partial charge in [-0.1, -0.05) is 71.1 Å². The minimum Gasteiger partial charge on any atom is -0.379 e. The molecule has 0 amide bonds. The van der Waals surface area contributed by atoms with Crippen LogP contribution in [0.1, 0.15) is 90.4 Å². The molecule has 2 nitrogen and oxygen atoms in total. The van der Waals surface area contributed by atoms with E-state index in [0.29, 0.717) is 6.10 Å². The maximum Gasteiger partial charge on any atom is 0.0704 e. The number of hydrogen-bond donors (Lipinski definition) is 0. The van der Waals surface area contributed by atoms with Crippen molar-refractivity contribution in [2.45, 2.75) is 96.5 Å². The predicted molar refractivity (Wildman–Crippen MR) is 86.3 cm³/mol. The second kappa shape index (κ2) is 13.9. The standard InChI is InChI=1S/C18H36O2/c1-2-3-4-5-6-7-8-9-12-15-19-16-17-20-18-13-10-11-14-18/h18H,2-17H2,1H3. The van der Waals surface area contributed by atoms with Crippen LogP contribution in [0.5, 0.6) is 0 Å². The minimum atomic E-state index is 0.534. The van der Waals surface area contributed by atoms with Crippen molar-refractivity contribution in [2.75, 3.05) is 19.8 Å². The molecule has 0 bridgehead atoms. The van der Waals surface area contributed by atoms with Gasteiger partial charge in [0.1, 0.15) is 0 Å². The van der Waals surface area contributed by atoms with E-state index < -0.39 is 0 Å². The molecule has 0 heterocycles. The Morgan fingerprint density at radius 1 is 0.700 bits per heavy atom. The lowest BCUT2D eigenvalue weighted by Crippen LogP contribution is -2.12. The van der Waals surface area contributed by atoms with Gasteiger partial charge in [0.25, 0.3) is 0 Å². The van der Waals surface area contributed by atoms with Gasteiger partial charge in [-0.15, -0.1) is 0 Å². The highest BCUT2D eigenvalue weighted by Gasteiger charge is 2.14. The monoisotopic (exact) mass is 284 g/mol. The highest BCUT2D eigenvalue weighted by molar-refractivity contribution is 4.66. The van der Waals surface area contributed by atoms with E-state index in [4.69, 9.17) is 9.47 Å². The molecule has 1 aliphatic rings. The van der Waals surface area contributed by atoms with E-state index in [1.165, 1.54) is 83.5 Å². The Labute approximate surface area is 126 Å². The Morgan fingerprint density at radius 2 is 1.30 bits per heavy atom. The van der Waals surface area contributed by atoms with Gasteiger partial charge in [0.2, 0.25) is 0 Å². The highest BCUT2D eigenvalue weighted by atomic mass is 16.5. The summed E-state index contributed by atoms with van der Waals surface area (Å²) in [6.45, 7) is 4.78. The molecular formula is C18H36O2. The summed E-state index contributed by atoms with van der Waals surface area (Å²) in [5.41, 5.74) is 0. The SMILES string of the molecule is CCCCCCCCCCCOCCOC1CCCC1. The first-order valence-corrected chi connectivity index (χ1v) is 9.13. The molecule has 0 atom stereocenters. The molecule has 0 saturated heterocycles. The van der Waals surface area contributed by atoms with Gasteiger partial charge in [0.15, 0.2) is 0 Å². The first-order chi connectivity index (χ1) is 9.93. The first kappa shape index (κ1) is 18.0. The van der Waals surface area contributed by atoms with Crippen LogP contribution in [0.3, 0.4) is 0 Å². The average Bonchev–Trinajstić information content (AvgIpc) is 2.97. The first-order valence-electron chi connectivity index (χ1n) is 9.13. The zero-order valence-electron chi connectivity index (χ0n) is 13.7. The summed E-state index contributed by atoms with van der Waals surface area (Å²) in [7, 11) is 0. The van der Waals surface area contributed by atoms with Crippen LogP contribution in [-0.2, 0) is 9.47 Å². The molecule has 0 radical (unpaired) electrons. The maximum atomic E-state index is 5.77. The third kappa shape index (κ3) is 10.7. The summed E-state index contributed by atoms with van der Waals surface area (Å²) in [5, 5.41) is 0. The molecule has 0 aliphatic heterocycles. The fourth-order valence-corrected chi connectivity index (χ4v) is 2.95. The third-order valence-electron chi connectivity index (χ3n) is 4.28. The molecule has 0 N–H and O–H groups in total. The number of hydrogen-bond acceptors (Lipinski definition) is 2. The Morgan fingerprint density at radius 3 is 1.95 bits per heavy atom. The molecule has 120 valence electrons. The molecule has 1 saturated carbocycles. The van der Waals surface area contributed by atoms with Gasteiger partial charge in [-0.05, 0) is 19.3 Å². The van der Waals surface area contributed by atoms with Crippen molar-refractivity contribution >= 4 is 0 Å². The zero-order chi connectivity index (χ0) is 14.3. The Hall–Kier alpha value is -0.0800. The predicted octanol–water partition coefficient (Wildman–Crippen LogP) is 5.49.